The number of amides is 1. The van der Waals surface area contributed by atoms with Crippen molar-refractivity contribution in [3.63, 3.8) is 0 Å². The molecule has 1 unspecified atom stereocenters. The fourth-order valence-electron chi connectivity index (χ4n) is 2.92. The highest BCUT2D eigenvalue weighted by atomic mass is 16.6. The average Bonchev–Trinajstić information content (AvgIpc) is 2.72. The summed E-state index contributed by atoms with van der Waals surface area (Å²) in [6.45, 7) is 3.43. The average molecular weight is 246 g/mol. The van der Waals surface area contributed by atoms with Gasteiger partial charge in [0.25, 0.3) is 0 Å². The molecule has 2 saturated heterocycles. The van der Waals surface area contributed by atoms with E-state index >= 15 is 0 Å². The second-order valence-electron chi connectivity index (χ2n) is 5.28. The van der Waals surface area contributed by atoms with Crippen LogP contribution in [0.3, 0.4) is 0 Å². The standard InChI is InChI=1S/C14H18N2O2/c17-13-15-14(11-18-13)7-4-8-16(10-14)9-12-5-2-1-3-6-12/h1-3,5-6H,4,7-11H2,(H,15,17). The third kappa shape index (κ3) is 2.34. The predicted octanol–water partition coefficient (Wildman–Crippen LogP) is 1.76. The van der Waals surface area contributed by atoms with E-state index in [1.165, 1.54) is 5.56 Å². The summed E-state index contributed by atoms with van der Waals surface area (Å²) < 4.78 is 5.07. The van der Waals surface area contributed by atoms with Crippen molar-refractivity contribution in [1.29, 1.82) is 0 Å². The maximum absolute atomic E-state index is 11.2. The third-order valence-electron chi connectivity index (χ3n) is 3.75. The lowest BCUT2D eigenvalue weighted by Crippen LogP contribution is -2.55. The van der Waals surface area contributed by atoms with Crippen LogP contribution in [-0.4, -0.2) is 36.2 Å². The summed E-state index contributed by atoms with van der Waals surface area (Å²) in [5, 5.41) is 2.98. The number of ether oxygens (including phenoxy) is 1. The molecule has 2 fully saturated rings. The Morgan fingerprint density at radius 2 is 2.17 bits per heavy atom. The van der Waals surface area contributed by atoms with Gasteiger partial charge in [-0.05, 0) is 24.9 Å². The van der Waals surface area contributed by atoms with Gasteiger partial charge in [-0.3, -0.25) is 4.90 Å². The molecule has 1 aromatic rings. The Morgan fingerprint density at radius 1 is 1.33 bits per heavy atom. The van der Waals surface area contributed by atoms with Crippen molar-refractivity contribution in [2.24, 2.45) is 0 Å². The van der Waals surface area contributed by atoms with Crippen LogP contribution >= 0.6 is 0 Å². The molecule has 2 aliphatic rings. The summed E-state index contributed by atoms with van der Waals surface area (Å²) in [4.78, 5) is 13.6. The third-order valence-corrected chi connectivity index (χ3v) is 3.75. The number of carbonyl (C=O) groups is 1. The van der Waals surface area contributed by atoms with Gasteiger partial charge < -0.3 is 10.1 Å². The van der Waals surface area contributed by atoms with Crippen molar-refractivity contribution in [3.8, 4) is 0 Å². The second kappa shape index (κ2) is 4.61. The summed E-state index contributed by atoms with van der Waals surface area (Å²) in [6.07, 6.45) is 1.86. The number of nitrogens with one attached hydrogen (secondary N) is 1. The van der Waals surface area contributed by atoms with E-state index in [1.54, 1.807) is 0 Å². The number of piperidine rings is 1. The Morgan fingerprint density at radius 3 is 2.89 bits per heavy atom. The summed E-state index contributed by atoms with van der Waals surface area (Å²) in [6, 6.07) is 10.5. The highest BCUT2D eigenvalue weighted by molar-refractivity contribution is 5.70. The number of cyclic esters (lactones) is 1. The van der Waals surface area contributed by atoms with Crippen LogP contribution in [0, 0.1) is 0 Å². The number of rotatable bonds is 2. The number of nitrogens with zero attached hydrogens (tertiary/aromatic N) is 1. The largest absolute Gasteiger partial charge is 0.447 e. The molecule has 0 radical (unpaired) electrons. The molecular formula is C14H18N2O2. The normalized spacial score (nSPS) is 28.1. The van der Waals surface area contributed by atoms with E-state index in [0.29, 0.717) is 6.61 Å². The quantitative estimate of drug-likeness (QED) is 0.864. The van der Waals surface area contributed by atoms with Gasteiger partial charge in [-0.25, -0.2) is 4.79 Å². The molecule has 1 N–H and O–H groups in total. The molecule has 0 aromatic heterocycles. The minimum Gasteiger partial charge on any atom is -0.447 e. The molecule has 0 saturated carbocycles. The molecule has 1 atom stereocenters. The lowest BCUT2D eigenvalue weighted by molar-refractivity contribution is 0.112. The molecule has 3 rings (SSSR count). The van der Waals surface area contributed by atoms with Gasteiger partial charge in [0.2, 0.25) is 0 Å². The zero-order chi connectivity index (χ0) is 12.4. The van der Waals surface area contributed by atoms with Gasteiger partial charge in [-0.2, -0.15) is 0 Å². The van der Waals surface area contributed by atoms with Gasteiger partial charge >= 0.3 is 6.09 Å². The summed E-state index contributed by atoms with van der Waals surface area (Å²) >= 11 is 0. The SMILES string of the molecule is O=C1NC2(CCCN(Cc3ccccc3)C2)CO1. The van der Waals surface area contributed by atoms with Crippen LogP contribution < -0.4 is 5.32 Å². The fraction of sp³-hybridized carbons (Fsp3) is 0.500. The highest BCUT2D eigenvalue weighted by Crippen LogP contribution is 2.26. The van der Waals surface area contributed by atoms with Gasteiger partial charge in [0.15, 0.2) is 0 Å². The van der Waals surface area contributed by atoms with Crippen molar-refractivity contribution < 1.29 is 9.53 Å². The van der Waals surface area contributed by atoms with Crippen LogP contribution in [0.2, 0.25) is 0 Å². The zero-order valence-electron chi connectivity index (χ0n) is 10.4. The lowest BCUT2D eigenvalue weighted by atomic mass is 9.90. The smallest absolute Gasteiger partial charge is 0.407 e. The zero-order valence-corrected chi connectivity index (χ0v) is 10.4. The Hall–Kier alpha value is -1.55. The van der Waals surface area contributed by atoms with Crippen molar-refractivity contribution in [1.82, 2.24) is 10.2 Å². The van der Waals surface area contributed by atoms with Crippen molar-refractivity contribution >= 4 is 6.09 Å². The van der Waals surface area contributed by atoms with Crippen LogP contribution in [-0.2, 0) is 11.3 Å². The number of carbonyl (C=O) groups excluding carboxylic acids is 1. The maximum Gasteiger partial charge on any atom is 0.407 e. The van der Waals surface area contributed by atoms with Crippen LogP contribution in [0.15, 0.2) is 30.3 Å². The van der Waals surface area contributed by atoms with E-state index in [9.17, 15) is 4.79 Å². The minimum absolute atomic E-state index is 0.149. The molecule has 2 aliphatic heterocycles. The summed E-state index contributed by atoms with van der Waals surface area (Å²) in [5.41, 5.74) is 1.17. The number of hydrogen-bond donors (Lipinski definition) is 1. The van der Waals surface area contributed by atoms with Gasteiger partial charge in [0.1, 0.15) is 6.61 Å². The van der Waals surface area contributed by atoms with Crippen LogP contribution in [0.5, 0.6) is 0 Å². The molecule has 96 valence electrons. The minimum atomic E-state index is -0.267. The van der Waals surface area contributed by atoms with E-state index in [4.69, 9.17) is 4.74 Å². The first-order chi connectivity index (χ1) is 8.76. The molecule has 1 aromatic carbocycles. The second-order valence-corrected chi connectivity index (χ2v) is 5.28. The maximum atomic E-state index is 11.2. The Kier molecular flexibility index (Phi) is 2.96. The van der Waals surface area contributed by atoms with E-state index in [1.807, 2.05) is 6.07 Å². The Balaban J connectivity index is 1.66. The van der Waals surface area contributed by atoms with Crippen molar-refractivity contribution in [2.45, 2.75) is 24.9 Å². The van der Waals surface area contributed by atoms with Gasteiger partial charge in [0.05, 0.1) is 5.54 Å². The van der Waals surface area contributed by atoms with Crippen LogP contribution in [0.4, 0.5) is 4.79 Å². The molecule has 1 amide bonds. The first-order valence-corrected chi connectivity index (χ1v) is 6.47. The molecule has 0 aliphatic carbocycles. The fourth-order valence-corrected chi connectivity index (χ4v) is 2.92. The number of alkyl carbamates (subject to hydrolysis) is 1. The first-order valence-electron chi connectivity index (χ1n) is 6.47. The lowest BCUT2D eigenvalue weighted by Gasteiger charge is -2.38. The number of benzene rings is 1. The predicted molar refractivity (Wildman–Crippen MR) is 68.2 cm³/mol. The van der Waals surface area contributed by atoms with Gasteiger partial charge in [0, 0.05) is 13.1 Å². The molecule has 2 heterocycles. The molecule has 0 bridgehead atoms. The van der Waals surface area contributed by atoms with E-state index < -0.39 is 0 Å². The van der Waals surface area contributed by atoms with Crippen LogP contribution in [0.1, 0.15) is 18.4 Å². The summed E-state index contributed by atoms with van der Waals surface area (Å²) in [5.74, 6) is 0. The first kappa shape index (κ1) is 11.5. The summed E-state index contributed by atoms with van der Waals surface area (Å²) in [7, 11) is 0. The van der Waals surface area contributed by atoms with Gasteiger partial charge in [-0.1, -0.05) is 30.3 Å². The van der Waals surface area contributed by atoms with Gasteiger partial charge in [-0.15, -0.1) is 0 Å². The van der Waals surface area contributed by atoms with Crippen LogP contribution in [0.25, 0.3) is 0 Å². The van der Waals surface area contributed by atoms with E-state index in [-0.39, 0.29) is 11.6 Å². The van der Waals surface area contributed by atoms with E-state index in [2.05, 4.69) is 34.5 Å². The van der Waals surface area contributed by atoms with E-state index in [0.717, 1.165) is 32.5 Å². The Labute approximate surface area is 107 Å². The monoisotopic (exact) mass is 246 g/mol. The topological polar surface area (TPSA) is 41.6 Å². The Bertz CT molecular complexity index is 435. The van der Waals surface area contributed by atoms with Crippen molar-refractivity contribution in [3.05, 3.63) is 35.9 Å². The molecule has 4 nitrogen and oxygen atoms in total. The molecule has 4 heteroatoms. The molecule has 18 heavy (non-hydrogen) atoms. The highest BCUT2D eigenvalue weighted by Gasteiger charge is 2.42. The molecular weight excluding hydrogens is 228 g/mol. The van der Waals surface area contributed by atoms with Crippen molar-refractivity contribution in [2.75, 3.05) is 19.7 Å². The number of hydrogen-bond acceptors (Lipinski definition) is 3. The number of likely N-dealkylation sites (tertiary alicyclic amines) is 1. The molecule has 1 spiro atoms.